The van der Waals surface area contributed by atoms with Gasteiger partial charge in [-0.05, 0) is 42.5 Å². The van der Waals surface area contributed by atoms with E-state index in [4.69, 9.17) is 4.74 Å². The minimum Gasteiger partial charge on any atom is -0.507 e. The zero-order valence-corrected chi connectivity index (χ0v) is 11.2. The summed E-state index contributed by atoms with van der Waals surface area (Å²) in [4.78, 5) is 11.7. The molecule has 0 saturated carbocycles. The Morgan fingerprint density at radius 3 is 2.67 bits per heavy atom. The summed E-state index contributed by atoms with van der Waals surface area (Å²) in [6.45, 7) is 0. The van der Waals surface area contributed by atoms with Crippen molar-refractivity contribution in [3.63, 3.8) is 0 Å². The molecule has 0 heterocycles. The number of hydrogen-bond donors (Lipinski definition) is 2. The Bertz CT molecular complexity index is 669. The van der Waals surface area contributed by atoms with E-state index in [1.54, 1.807) is 12.1 Å². The van der Waals surface area contributed by atoms with Crippen LogP contribution in [-0.2, 0) is 0 Å². The van der Waals surface area contributed by atoms with Gasteiger partial charge in [0.05, 0.1) is 13.3 Å². The predicted octanol–water partition coefficient (Wildman–Crippen LogP) is 2.30. The van der Waals surface area contributed by atoms with E-state index in [1.165, 1.54) is 43.7 Å². The maximum atomic E-state index is 12.7. The molecule has 0 bridgehead atoms. The molecular formula is C15H13FN2O3. The Balaban J connectivity index is 2.05. The highest BCUT2D eigenvalue weighted by Gasteiger charge is 2.04. The maximum absolute atomic E-state index is 12.7. The third kappa shape index (κ3) is 3.79. The minimum atomic E-state index is -0.478. The molecule has 2 aromatic carbocycles. The van der Waals surface area contributed by atoms with E-state index in [0.29, 0.717) is 11.3 Å². The molecule has 108 valence electrons. The zero-order chi connectivity index (χ0) is 15.2. The number of carbonyl (C=O) groups is 1. The van der Waals surface area contributed by atoms with E-state index in [2.05, 4.69) is 10.5 Å². The lowest BCUT2D eigenvalue weighted by Crippen LogP contribution is -2.17. The summed E-state index contributed by atoms with van der Waals surface area (Å²) in [6, 6.07) is 9.71. The van der Waals surface area contributed by atoms with Crippen molar-refractivity contribution in [3.8, 4) is 11.5 Å². The molecule has 2 rings (SSSR count). The zero-order valence-electron chi connectivity index (χ0n) is 11.2. The molecule has 0 aliphatic carbocycles. The second-order valence-electron chi connectivity index (χ2n) is 4.13. The van der Waals surface area contributed by atoms with E-state index >= 15 is 0 Å². The van der Waals surface area contributed by atoms with Crippen molar-refractivity contribution < 1.29 is 19.0 Å². The fourth-order valence-electron chi connectivity index (χ4n) is 1.59. The van der Waals surface area contributed by atoms with Crippen LogP contribution in [0.3, 0.4) is 0 Å². The quantitative estimate of drug-likeness (QED) is 0.670. The van der Waals surface area contributed by atoms with Crippen molar-refractivity contribution in [1.82, 2.24) is 5.43 Å². The van der Waals surface area contributed by atoms with Gasteiger partial charge >= 0.3 is 0 Å². The monoisotopic (exact) mass is 288 g/mol. The molecule has 0 saturated heterocycles. The maximum Gasteiger partial charge on any atom is 0.271 e. The van der Waals surface area contributed by atoms with Crippen molar-refractivity contribution >= 4 is 12.1 Å². The van der Waals surface area contributed by atoms with Crippen LogP contribution in [0.4, 0.5) is 4.39 Å². The number of amides is 1. The molecule has 0 aliphatic rings. The van der Waals surface area contributed by atoms with Crippen LogP contribution < -0.4 is 10.2 Å². The molecule has 0 aliphatic heterocycles. The fraction of sp³-hybridized carbons (Fsp3) is 0.0667. The SMILES string of the molecule is COc1ccc(O)c(/C=N/NC(=O)c2ccc(F)cc2)c1. The number of rotatable bonds is 4. The normalized spacial score (nSPS) is 10.6. The number of phenolic OH excluding ortho intramolecular Hbond substituents is 1. The first-order chi connectivity index (χ1) is 10.1. The summed E-state index contributed by atoms with van der Waals surface area (Å²) in [7, 11) is 1.50. The molecule has 0 aromatic heterocycles. The first-order valence-electron chi connectivity index (χ1n) is 6.06. The summed E-state index contributed by atoms with van der Waals surface area (Å²) in [5.74, 6) is -0.334. The molecule has 1 amide bonds. The second kappa shape index (κ2) is 6.51. The van der Waals surface area contributed by atoms with Crippen molar-refractivity contribution in [2.45, 2.75) is 0 Å². The van der Waals surface area contributed by atoms with Crippen LogP contribution in [-0.4, -0.2) is 24.3 Å². The Morgan fingerprint density at radius 2 is 2.00 bits per heavy atom. The van der Waals surface area contributed by atoms with Gasteiger partial charge in [-0.2, -0.15) is 5.10 Å². The first-order valence-corrected chi connectivity index (χ1v) is 6.06. The van der Waals surface area contributed by atoms with Crippen molar-refractivity contribution in [2.75, 3.05) is 7.11 Å². The number of carbonyl (C=O) groups excluding carboxylic acids is 1. The molecule has 0 fully saturated rings. The first kappa shape index (κ1) is 14.5. The Labute approximate surface area is 120 Å². The van der Waals surface area contributed by atoms with Crippen LogP contribution >= 0.6 is 0 Å². The van der Waals surface area contributed by atoms with Crippen LogP contribution in [0, 0.1) is 5.82 Å². The molecule has 0 spiro atoms. The number of halogens is 1. The Hall–Kier alpha value is -2.89. The number of hydrazone groups is 1. The van der Waals surface area contributed by atoms with Gasteiger partial charge in [0, 0.05) is 11.1 Å². The minimum absolute atomic E-state index is 0.00980. The van der Waals surface area contributed by atoms with Crippen molar-refractivity contribution in [3.05, 3.63) is 59.4 Å². The summed E-state index contributed by atoms with van der Waals surface area (Å²) >= 11 is 0. The smallest absolute Gasteiger partial charge is 0.271 e. The summed E-state index contributed by atoms with van der Waals surface area (Å²) in [5.41, 5.74) is 2.97. The number of nitrogens with one attached hydrogen (secondary N) is 1. The van der Waals surface area contributed by atoms with Crippen molar-refractivity contribution in [1.29, 1.82) is 0 Å². The number of methoxy groups -OCH3 is 1. The van der Waals surface area contributed by atoms with Gasteiger partial charge in [0.1, 0.15) is 17.3 Å². The average molecular weight is 288 g/mol. The highest BCUT2D eigenvalue weighted by atomic mass is 19.1. The number of phenols is 1. The molecule has 0 atom stereocenters. The average Bonchev–Trinajstić information content (AvgIpc) is 2.49. The molecule has 6 heteroatoms. The van der Waals surface area contributed by atoms with Gasteiger partial charge in [0.25, 0.3) is 5.91 Å². The highest BCUT2D eigenvalue weighted by molar-refractivity contribution is 5.95. The third-order valence-electron chi connectivity index (χ3n) is 2.71. The van der Waals surface area contributed by atoms with E-state index in [0.717, 1.165) is 0 Å². The van der Waals surface area contributed by atoms with Crippen molar-refractivity contribution in [2.24, 2.45) is 5.10 Å². The second-order valence-corrected chi connectivity index (χ2v) is 4.13. The van der Waals surface area contributed by atoms with Crippen LogP contribution in [0.1, 0.15) is 15.9 Å². The summed E-state index contributed by atoms with van der Waals surface area (Å²) in [6.07, 6.45) is 1.29. The fourth-order valence-corrected chi connectivity index (χ4v) is 1.59. The van der Waals surface area contributed by atoms with Gasteiger partial charge in [-0.15, -0.1) is 0 Å². The number of nitrogens with zero attached hydrogens (tertiary/aromatic N) is 1. The summed E-state index contributed by atoms with van der Waals surface area (Å²) in [5, 5.41) is 13.4. The van der Waals surface area contributed by atoms with E-state index in [9.17, 15) is 14.3 Å². The lowest BCUT2D eigenvalue weighted by molar-refractivity contribution is 0.0955. The molecule has 2 N–H and O–H groups in total. The molecular weight excluding hydrogens is 275 g/mol. The molecule has 2 aromatic rings. The van der Waals surface area contributed by atoms with E-state index in [1.807, 2.05) is 0 Å². The third-order valence-corrected chi connectivity index (χ3v) is 2.71. The summed E-state index contributed by atoms with van der Waals surface area (Å²) < 4.78 is 17.8. The number of hydrogen-bond acceptors (Lipinski definition) is 4. The lowest BCUT2D eigenvalue weighted by Gasteiger charge is -2.03. The van der Waals surface area contributed by atoms with Crippen LogP contribution in [0.25, 0.3) is 0 Å². The van der Waals surface area contributed by atoms with Crippen LogP contribution in [0.2, 0.25) is 0 Å². The Morgan fingerprint density at radius 1 is 1.29 bits per heavy atom. The van der Waals surface area contributed by atoms with Crippen LogP contribution in [0.15, 0.2) is 47.6 Å². The molecule has 5 nitrogen and oxygen atoms in total. The molecule has 0 radical (unpaired) electrons. The standard InChI is InChI=1S/C15H13FN2O3/c1-21-13-6-7-14(19)11(8-13)9-17-18-15(20)10-2-4-12(16)5-3-10/h2-9,19H,1H3,(H,18,20)/b17-9+. The lowest BCUT2D eigenvalue weighted by atomic mass is 10.2. The predicted molar refractivity (Wildman–Crippen MR) is 76.1 cm³/mol. The number of ether oxygens (including phenoxy) is 1. The van der Waals surface area contributed by atoms with Gasteiger partial charge in [-0.3, -0.25) is 4.79 Å². The van der Waals surface area contributed by atoms with E-state index < -0.39 is 11.7 Å². The topological polar surface area (TPSA) is 70.9 Å². The van der Waals surface area contributed by atoms with Gasteiger partial charge in [-0.25, -0.2) is 9.82 Å². The van der Waals surface area contributed by atoms with Gasteiger partial charge in [0.2, 0.25) is 0 Å². The molecule has 21 heavy (non-hydrogen) atoms. The Kier molecular flexibility index (Phi) is 4.50. The largest absolute Gasteiger partial charge is 0.507 e. The molecule has 0 unspecified atom stereocenters. The van der Waals surface area contributed by atoms with Gasteiger partial charge in [-0.1, -0.05) is 0 Å². The highest BCUT2D eigenvalue weighted by Crippen LogP contribution is 2.20. The number of aromatic hydroxyl groups is 1. The van der Waals surface area contributed by atoms with Gasteiger partial charge in [0.15, 0.2) is 0 Å². The van der Waals surface area contributed by atoms with Crippen LogP contribution in [0.5, 0.6) is 11.5 Å². The van der Waals surface area contributed by atoms with Gasteiger partial charge < -0.3 is 9.84 Å². The van der Waals surface area contributed by atoms with E-state index in [-0.39, 0.29) is 11.3 Å². The number of benzene rings is 2.